The summed E-state index contributed by atoms with van der Waals surface area (Å²) >= 11 is 5.99. The molecule has 1 saturated heterocycles. The highest BCUT2D eigenvalue weighted by molar-refractivity contribution is 7.89. The minimum Gasteiger partial charge on any atom is -0.494 e. The topological polar surface area (TPSA) is 110 Å². The van der Waals surface area contributed by atoms with E-state index in [4.69, 9.17) is 16.3 Å². The summed E-state index contributed by atoms with van der Waals surface area (Å²) in [6.07, 6.45) is 0.804. The van der Waals surface area contributed by atoms with Crippen LogP contribution in [0.2, 0.25) is 5.02 Å². The summed E-state index contributed by atoms with van der Waals surface area (Å²) in [5.74, 6) is 0.608. The first-order chi connectivity index (χ1) is 15.2. The Labute approximate surface area is 191 Å². The molecule has 0 bridgehead atoms. The molecule has 0 aromatic heterocycles. The van der Waals surface area contributed by atoms with Crippen LogP contribution in [0.3, 0.4) is 0 Å². The van der Waals surface area contributed by atoms with E-state index in [1.165, 1.54) is 28.6 Å². The Morgan fingerprint density at radius 1 is 1.16 bits per heavy atom. The summed E-state index contributed by atoms with van der Waals surface area (Å²) in [4.78, 5) is 24.2. The van der Waals surface area contributed by atoms with Gasteiger partial charge in [0.25, 0.3) is 5.69 Å². The lowest BCUT2D eigenvalue weighted by molar-refractivity contribution is -0.387. The fraction of sp³-hybridized carbons (Fsp3) is 0.381. The molecule has 0 radical (unpaired) electrons. The second kappa shape index (κ2) is 10.3. The molecule has 0 saturated carbocycles. The fourth-order valence-corrected chi connectivity index (χ4v) is 5.12. The summed E-state index contributed by atoms with van der Waals surface area (Å²) in [6, 6.07) is 10.6. The number of rotatable bonds is 8. The number of nitro groups is 1. The zero-order valence-corrected chi connectivity index (χ0v) is 19.1. The zero-order chi connectivity index (χ0) is 23.3. The molecule has 0 aliphatic carbocycles. The molecule has 1 amide bonds. The first-order valence-electron chi connectivity index (χ1n) is 10.1. The SMILES string of the molecule is Cc1cc(OCCCC(=O)N2CCN(S(=O)(=O)c3ccccc3[N+](=O)[O-])CC2)ccc1Cl. The van der Waals surface area contributed by atoms with Crippen molar-refractivity contribution in [1.29, 1.82) is 0 Å². The third-order valence-electron chi connectivity index (χ3n) is 5.20. The molecule has 2 aromatic rings. The second-order valence-electron chi connectivity index (χ2n) is 7.37. The smallest absolute Gasteiger partial charge is 0.289 e. The number of carbonyl (C=O) groups is 1. The Balaban J connectivity index is 1.49. The molecule has 1 aliphatic rings. The molecule has 32 heavy (non-hydrogen) atoms. The van der Waals surface area contributed by atoms with Gasteiger partial charge in [-0.05, 0) is 43.2 Å². The van der Waals surface area contributed by atoms with Crippen LogP contribution in [-0.4, -0.2) is 61.2 Å². The van der Waals surface area contributed by atoms with Crippen molar-refractivity contribution in [2.75, 3.05) is 32.8 Å². The molecule has 9 nitrogen and oxygen atoms in total. The van der Waals surface area contributed by atoms with Gasteiger partial charge in [-0.2, -0.15) is 4.31 Å². The number of carbonyl (C=O) groups excluding carboxylic acids is 1. The van der Waals surface area contributed by atoms with Gasteiger partial charge < -0.3 is 9.64 Å². The Morgan fingerprint density at radius 3 is 2.50 bits per heavy atom. The van der Waals surface area contributed by atoms with Gasteiger partial charge in [0.2, 0.25) is 15.9 Å². The third-order valence-corrected chi connectivity index (χ3v) is 7.57. The number of hydrogen-bond acceptors (Lipinski definition) is 6. The molecular formula is C21H24ClN3O6S. The third kappa shape index (κ3) is 5.56. The Hall–Kier alpha value is -2.69. The van der Waals surface area contributed by atoms with Gasteiger partial charge in [0, 0.05) is 43.7 Å². The molecule has 3 rings (SSSR count). The van der Waals surface area contributed by atoms with E-state index in [2.05, 4.69) is 0 Å². The van der Waals surface area contributed by atoms with Crippen LogP contribution >= 0.6 is 11.6 Å². The first-order valence-corrected chi connectivity index (χ1v) is 11.9. The highest BCUT2D eigenvalue weighted by Crippen LogP contribution is 2.27. The molecule has 0 atom stereocenters. The van der Waals surface area contributed by atoms with Gasteiger partial charge in [-0.3, -0.25) is 14.9 Å². The number of halogens is 1. The van der Waals surface area contributed by atoms with Crippen molar-refractivity contribution in [3.63, 3.8) is 0 Å². The summed E-state index contributed by atoms with van der Waals surface area (Å²) < 4.78 is 32.6. The van der Waals surface area contributed by atoms with Gasteiger partial charge in [0.1, 0.15) is 5.75 Å². The van der Waals surface area contributed by atoms with Crippen LogP contribution < -0.4 is 4.74 Å². The minimum atomic E-state index is -4.02. The van der Waals surface area contributed by atoms with Crippen LogP contribution in [0.25, 0.3) is 0 Å². The predicted molar refractivity (Wildman–Crippen MR) is 119 cm³/mol. The average Bonchev–Trinajstić information content (AvgIpc) is 2.79. The molecule has 2 aromatic carbocycles. The molecule has 0 N–H and O–H groups in total. The van der Waals surface area contributed by atoms with Gasteiger partial charge in [0.05, 0.1) is 11.5 Å². The lowest BCUT2D eigenvalue weighted by atomic mass is 10.2. The minimum absolute atomic E-state index is 0.0800. The van der Waals surface area contributed by atoms with Crippen LogP contribution in [0.15, 0.2) is 47.4 Å². The maximum atomic E-state index is 12.9. The number of para-hydroxylation sites is 1. The van der Waals surface area contributed by atoms with Gasteiger partial charge >= 0.3 is 0 Å². The van der Waals surface area contributed by atoms with Crippen molar-refractivity contribution in [2.45, 2.75) is 24.7 Å². The number of hydrogen-bond donors (Lipinski definition) is 0. The van der Waals surface area contributed by atoms with E-state index in [0.717, 1.165) is 5.56 Å². The zero-order valence-electron chi connectivity index (χ0n) is 17.6. The van der Waals surface area contributed by atoms with Crippen LogP contribution in [0, 0.1) is 17.0 Å². The van der Waals surface area contributed by atoms with Gasteiger partial charge in [-0.25, -0.2) is 8.42 Å². The van der Waals surface area contributed by atoms with Crippen molar-refractivity contribution in [1.82, 2.24) is 9.21 Å². The highest BCUT2D eigenvalue weighted by atomic mass is 35.5. The van der Waals surface area contributed by atoms with Gasteiger partial charge in [-0.1, -0.05) is 23.7 Å². The van der Waals surface area contributed by atoms with Gasteiger partial charge in [-0.15, -0.1) is 0 Å². The Kier molecular flexibility index (Phi) is 7.70. The van der Waals surface area contributed by atoms with E-state index < -0.39 is 20.6 Å². The number of nitro benzene ring substituents is 1. The molecule has 11 heteroatoms. The van der Waals surface area contributed by atoms with Crippen molar-refractivity contribution < 1.29 is 22.9 Å². The number of piperazine rings is 1. The molecule has 1 heterocycles. The van der Waals surface area contributed by atoms with E-state index in [-0.39, 0.29) is 43.4 Å². The van der Waals surface area contributed by atoms with Crippen LogP contribution in [-0.2, 0) is 14.8 Å². The number of aryl methyl sites for hydroxylation is 1. The predicted octanol–water partition coefficient (Wildman–Crippen LogP) is 3.25. The lowest BCUT2D eigenvalue weighted by Crippen LogP contribution is -2.50. The standard InChI is InChI=1S/C21H24ClN3O6S/c1-16-15-17(8-9-18(16)22)31-14-4-7-21(26)23-10-12-24(13-11-23)32(29,30)20-6-3-2-5-19(20)25(27)28/h2-3,5-6,8-9,15H,4,7,10-14H2,1H3. The monoisotopic (exact) mass is 481 g/mol. The maximum Gasteiger partial charge on any atom is 0.289 e. The summed E-state index contributed by atoms with van der Waals surface area (Å²) in [5, 5.41) is 11.9. The summed E-state index contributed by atoms with van der Waals surface area (Å²) in [6.45, 7) is 2.89. The van der Waals surface area contributed by atoms with Crippen molar-refractivity contribution in [2.24, 2.45) is 0 Å². The molecular weight excluding hydrogens is 458 g/mol. The second-order valence-corrected chi connectivity index (χ2v) is 9.69. The maximum absolute atomic E-state index is 12.9. The van der Waals surface area contributed by atoms with E-state index >= 15 is 0 Å². The quantitative estimate of drug-likeness (QED) is 0.325. The first kappa shape index (κ1) is 24.0. The molecule has 0 spiro atoms. The number of benzene rings is 2. The Morgan fingerprint density at radius 2 is 1.84 bits per heavy atom. The van der Waals surface area contributed by atoms with Crippen molar-refractivity contribution in [3.05, 3.63) is 63.2 Å². The summed E-state index contributed by atoms with van der Waals surface area (Å²) in [5.41, 5.74) is 0.454. The molecule has 172 valence electrons. The van der Waals surface area contributed by atoms with E-state index in [1.807, 2.05) is 13.0 Å². The van der Waals surface area contributed by atoms with Crippen molar-refractivity contribution >= 4 is 33.2 Å². The van der Waals surface area contributed by atoms with E-state index in [9.17, 15) is 23.3 Å². The highest BCUT2D eigenvalue weighted by Gasteiger charge is 2.34. The summed E-state index contributed by atoms with van der Waals surface area (Å²) in [7, 11) is -4.02. The number of amides is 1. The normalized spacial score (nSPS) is 14.9. The number of nitrogens with zero attached hydrogens (tertiary/aromatic N) is 3. The molecule has 1 aliphatic heterocycles. The fourth-order valence-electron chi connectivity index (χ4n) is 3.42. The molecule has 1 fully saturated rings. The van der Waals surface area contributed by atoms with Gasteiger partial charge in [0.15, 0.2) is 4.90 Å². The average molecular weight is 482 g/mol. The number of sulfonamides is 1. The van der Waals surface area contributed by atoms with Crippen molar-refractivity contribution in [3.8, 4) is 5.75 Å². The van der Waals surface area contributed by atoms with E-state index in [0.29, 0.717) is 23.8 Å². The lowest BCUT2D eigenvalue weighted by Gasteiger charge is -2.34. The van der Waals surface area contributed by atoms with Crippen LogP contribution in [0.4, 0.5) is 5.69 Å². The number of ether oxygens (including phenoxy) is 1. The van der Waals surface area contributed by atoms with Crippen LogP contribution in [0.1, 0.15) is 18.4 Å². The Bertz CT molecular complexity index is 1100. The largest absolute Gasteiger partial charge is 0.494 e. The van der Waals surface area contributed by atoms with Crippen LogP contribution in [0.5, 0.6) is 5.75 Å². The van der Waals surface area contributed by atoms with E-state index in [1.54, 1.807) is 17.0 Å². The molecule has 0 unspecified atom stereocenters.